The number of hydrogen-bond acceptors (Lipinski definition) is 4. The lowest BCUT2D eigenvalue weighted by atomic mass is 10.2. The second kappa shape index (κ2) is 9.14. The number of rotatable bonds is 5. The summed E-state index contributed by atoms with van der Waals surface area (Å²) in [5.41, 5.74) is 1.97. The summed E-state index contributed by atoms with van der Waals surface area (Å²) in [6, 6.07) is 12.1. The summed E-state index contributed by atoms with van der Waals surface area (Å²) in [4.78, 5) is 23.1. The first kappa shape index (κ1) is 18.9. The van der Waals surface area contributed by atoms with Gasteiger partial charge in [0.2, 0.25) is 5.91 Å². The Hall–Kier alpha value is -3.46. The third-order valence-corrected chi connectivity index (χ3v) is 3.42. The molecule has 0 bridgehead atoms. The molecule has 0 atom stereocenters. The topological polar surface area (TPSA) is 76.7 Å². The van der Waals surface area contributed by atoms with E-state index in [4.69, 9.17) is 9.47 Å². The van der Waals surface area contributed by atoms with Gasteiger partial charge in [0.25, 0.3) is 5.91 Å². The second-order valence-electron chi connectivity index (χ2n) is 5.31. The van der Waals surface area contributed by atoms with Crippen LogP contribution in [0.3, 0.4) is 0 Å². The first-order chi connectivity index (χ1) is 12.5. The van der Waals surface area contributed by atoms with Gasteiger partial charge in [-0.2, -0.15) is 0 Å². The highest BCUT2D eigenvalue weighted by Crippen LogP contribution is 2.27. The van der Waals surface area contributed by atoms with Crippen molar-refractivity contribution in [3.8, 4) is 23.3 Å². The predicted molar refractivity (Wildman–Crippen MR) is 99.5 cm³/mol. The summed E-state index contributed by atoms with van der Waals surface area (Å²) in [6.45, 7) is 1.66. The molecule has 0 aliphatic rings. The number of methoxy groups -OCH3 is 2. The highest BCUT2D eigenvalue weighted by molar-refractivity contribution is 5.95. The molecule has 6 nitrogen and oxygen atoms in total. The molecule has 0 heterocycles. The zero-order valence-electron chi connectivity index (χ0n) is 14.9. The van der Waals surface area contributed by atoms with Gasteiger partial charge in [-0.15, -0.1) is 0 Å². The summed E-state index contributed by atoms with van der Waals surface area (Å²) in [7, 11) is 3.05. The SMILES string of the molecule is COc1ccc(C(=O)NCC#Cc2ccc(NC(C)=O)cc2)cc1OC. The third kappa shape index (κ3) is 5.28. The molecule has 0 aliphatic carbocycles. The monoisotopic (exact) mass is 352 g/mol. The van der Waals surface area contributed by atoms with Crippen molar-refractivity contribution in [3.05, 3.63) is 53.6 Å². The van der Waals surface area contributed by atoms with Gasteiger partial charge in [0.15, 0.2) is 11.5 Å². The molecule has 2 aromatic rings. The molecule has 2 amide bonds. The minimum atomic E-state index is -0.249. The molecule has 0 radical (unpaired) electrons. The number of ether oxygens (including phenoxy) is 2. The summed E-state index contributed by atoms with van der Waals surface area (Å²) in [6.07, 6.45) is 0. The zero-order chi connectivity index (χ0) is 18.9. The highest BCUT2D eigenvalue weighted by atomic mass is 16.5. The summed E-state index contributed by atoms with van der Waals surface area (Å²) in [5.74, 6) is 6.52. The van der Waals surface area contributed by atoms with Gasteiger partial charge >= 0.3 is 0 Å². The Labute approximate surface area is 152 Å². The number of hydrogen-bond donors (Lipinski definition) is 2. The molecule has 0 unspecified atom stereocenters. The lowest BCUT2D eigenvalue weighted by molar-refractivity contribution is -0.114. The van der Waals surface area contributed by atoms with Crippen LogP contribution in [-0.4, -0.2) is 32.6 Å². The number of carbonyl (C=O) groups is 2. The normalized spacial score (nSPS) is 9.50. The van der Waals surface area contributed by atoms with E-state index in [1.54, 1.807) is 42.5 Å². The van der Waals surface area contributed by atoms with Crippen LogP contribution in [0.25, 0.3) is 0 Å². The average Bonchev–Trinajstić information content (AvgIpc) is 2.65. The van der Waals surface area contributed by atoms with Crippen molar-refractivity contribution in [2.24, 2.45) is 0 Å². The Morgan fingerprint density at radius 3 is 2.31 bits per heavy atom. The number of amides is 2. The van der Waals surface area contributed by atoms with Gasteiger partial charge in [-0.25, -0.2) is 0 Å². The van der Waals surface area contributed by atoms with Gasteiger partial charge in [0.1, 0.15) is 0 Å². The molecule has 0 fully saturated rings. The lowest BCUT2D eigenvalue weighted by Gasteiger charge is -2.09. The molecule has 26 heavy (non-hydrogen) atoms. The second-order valence-corrected chi connectivity index (χ2v) is 5.31. The fourth-order valence-corrected chi connectivity index (χ4v) is 2.19. The van der Waals surface area contributed by atoms with Crippen LogP contribution in [0.2, 0.25) is 0 Å². The van der Waals surface area contributed by atoms with Crippen LogP contribution in [0, 0.1) is 11.8 Å². The maximum Gasteiger partial charge on any atom is 0.252 e. The molecule has 0 saturated carbocycles. The van der Waals surface area contributed by atoms with Crippen molar-refractivity contribution >= 4 is 17.5 Å². The van der Waals surface area contributed by atoms with Crippen molar-refractivity contribution in [3.63, 3.8) is 0 Å². The van der Waals surface area contributed by atoms with Crippen molar-refractivity contribution in [2.45, 2.75) is 6.92 Å². The van der Waals surface area contributed by atoms with Crippen molar-refractivity contribution in [1.82, 2.24) is 5.32 Å². The van der Waals surface area contributed by atoms with Crippen LogP contribution < -0.4 is 20.1 Å². The smallest absolute Gasteiger partial charge is 0.252 e. The molecule has 6 heteroatoms. The van der Waals surface area contributed by atoms with Crippen LogP contribution in [0.15, 0.2) is 42.5 Å². The highest BCUT2D eigenvalue weighted by Gasteiger charge is 2.09. The van der Waals surface area contributed by atoms with Crippen molar-refractivity contribution in [1.29, 1.82) is 0 Å². The van der Waals surface area contributed by atoms with E-state index in [0.29, 0.717) is 22.7 Å². The minimum absolute atomic E-state index is 0.123. The number of anilines is 1. The van der Waals surface area contributed by atoms with Gasteiger partial charge < -0.3 is 20.1 Å². The Balaban J connectivity index is 1.92. The summed E-state index contributed by atoms with van der Waals surface area (Å²) >= 11 is 0. The van der Waals surface area contributed by atoms with Crippen LogP contribution in [0.4, 0.5) is 5.69 Å². The predicted octanol–water partition coefficient (Wildman–Crippen LogP) is 2.44. The quantitative estimate of drug-likeness (QED) is 0.811. The Morgan fingerprint density at radius 1 is 1.00 bits per heavy atom. The fourth-order valence-electron chi connectivity index (χ4n) is 2.19. The van der Waals surface area contributed by atoms with E-state index >= 15 is 0 Å². The fraction of sp³-hybridized carbons (Fsp3) is 0.200. The van der Waals surface area contributed by atoms with E-state index in [2.05, 4.69) is 22.5 Å². The summed E-state index contributed by atoms with van der Waals surface area (Å²) in [5, 5.41) is 5.42. The van der Waals surface area contributed by atoms with Gasteiger partial charge in [-0.3, -0.25) is 9.59 Å². The van der Waals surface area contributed by atoms with Gasteiger partial charge in [0.05, 0.1) is 20.8 Å². The number of benzene rings is 2. The molecule has 0 saturated heterocycles. The Morgan fingerprint density at radius 2 is 1.69 bits per heavy atom. The van der Waals surface area contributed by atoms with E-state index in [0.717, 1.165) is 5.56 Å². The summed E-state index contributed by atoms with van der Waals surface area (Å²) < 4.78 is 10.3. The molecule has 0 aromatic heterocycles. The van der Waals surface area contributed by atoms with Crippen LogP contribution in [-0.2, 0) is 4.79 Å². The third-order valence-electron chi connectivity index (χ3n) is 3.42. The van der Waals surface area contributed by atoms with E-state index in [1.807, 2.05) is 0 Å². The molecule has 2 rings (SSSR count). The number of nitrogens with one attached hydrogen (secondary N) is 2. The van der Waals surface area contributed by atoms with Crippen molar-refractivity contribution < 1.29 is 19.1 Å². The molecule has 134 valence electrons. The first-order valence-corrected chi connectivity index (χ1v) is 7.90. The zero-order valence-corrected chi connectivity index (χ0v) is 14.9. The maximum atomic E-state index is 12.2. The minimum Gasteiger partial charge on any atom is -0.493 e. The maximum absolute atomic E-state index is 12.2. The van der Waals surface area contributed by atoms with E-state index in [-0.39, 0.29) is 18.4 Å². The van der Waals surface area contributed by atoms with Crippen LogP contribution in [0.5, 0.6) is 11.5 Å². The van der Waals surface area contributed by atoms with E-state index < -0.39 is 0 Å². The molecule has 2 aromatic carbocycles. The van der Waals surface area contributed by atoms with E-state index in [1.165, 1.54) is 21.1 Å². The van der Waals surface area contributed by atoms with E-state index in [9.17, 15) is 9.59 Å². The standard InChI is InChI=1S/C20H20N2O4/c1-14(23)22-17-9-6-15(7-10-17)5-4-12-21-20(24)16-8-11-18(25-2)19(13-16)26-3/h6-11,13H,12H2,1-3H3,(H,21,24)(H,22,23). The number of carbonyl (C=O) groups excluding carboxylic acids is 2. The Kier molecular flexibility index (Phi) is 6.63. The lowest BCUT2D eigenvalue weighted by Crippen LogP contribution is -2.23. The Bertz CT molecular complexity index is 848. The first-order valence-electron chi connectivity index (χ1n) is 7.90. The largest absolute Gasteiger partial charge is 0.493 e. The van der Waals surface area contributed by atoms with Crippen molar-refractivity contribution in [2.75, 3.05) is 26.1 Å². The van der Waals surface area contributed by atoms with Gasteiger partial charge in [-0.05, 0) is 42.5 Å². The molecule has 0 aliphatic heterocycles. The average molecular weight is 352 g/mol. The molecule has 0 spiro atoms. The van der Waals surface area contributed by atoms with Crippen LogP contribution in [0.1, 0.15) is 22.8 Å². The van der Waals surface area contributed by atoms with Gasteiger partial charge in [-0.1, -0.05) is 11.8 Å². The van der Waals surface area contributed by atoms with Gasteiger partial charge in [0, 0.05) is 23.7 Å². The molecular weight excluding hydrogens is 332 g/mol. The molecule has 2 N–H and O–H groups in total. The molecular formula is C20H20N2O4. The van der Waals surface area contributed by atoms with Crippen LogP contribution >= 0.6 is 0 Å².